The SMILES string of the molecule is CC1(CO)CC(C2CCNC2)CN1. The molecule has 3 atom stereocenters. The van der Waals surface area contributed by atoms with Crippen LogP contribution in [0.1, 0.15) is 19.8 Å². The van der Waals surface area contributed by atoms with Crippen molar-refractivity contribution in [3.05, 3.63) is 0 Å². The van der Waals surface area contributed by atoms with Crippen LogP contribution in [0.2, 0.25) is 0 Å². The number of hydrogen-bond acceptors (Lipinski definition) is 3. The molecule has 0 aromatic carbocycles. The minimum absolute atomic E-state index is 0.00669. The molecule has 2 aliphatic heterocycles. The first kappa shape index (κ1) is 9.44. The van der Waals surface area contributed by atoms with Crippen LogP contribution in [-0.4, -0.2) is 36.9 Å². The lowest BCUT2D eigenvalue weighted by atomic mass is 9.86. The fraction of sp³-hybridized carbons (Fsp3) is 1.00. The minimum atomic E-state index is -0.00669. The van der Waals surface area contributed by atoms with Gasteiger partial charge in [-0.15, -0.1) is 0 Å². The normalized spacial score (nSPS) is 45.7. The van der Waals surface area contributed by atoms with E-state index in [2.05, 4.69) is 17.6 Å². The molecular weight excluding hydrogens is 164 g/mol. The molecule has 3 unspecified atom stereocenters. The molecule has 3 heteroatoms. The maximum Gasteiger partial charge on any atom is 0.0610 e. The third-order valence-corrected chi connectivity index (χ3v) is 3.62. The van der Waals surface area contributed by atoms with E-state index in [1.165, 1.54) is 19.5 Å². The molecule has 3 N–H and O–H groups in total. The number of rotatable bonds is 2. The molecule has 2 heterocycles. The summed E-state index contributed by atoms with van der Waals surface area (Å²) in [5, 5.41) is 16.0. The molecule has 2 rings (SSSR count). The Kier molecular flexibility index (Phi) is 2.58. The molecule has 0 spiro atoms. The van der Waals surface area contributed by atoms with Gasteiger partial charge in [0.25, 0.3) is 0 Å². The van der Waals surface area contributed by atoms with Crippen LogP contribution in [0.3, 0.4) is 0 Å². The van der Waals surface area contributed by atoms with Crippen molar-refractivity contribution in [1.82, 2.24) is 10.6 Å². The van der Waals surface area contributed by atoms with Gasteiger partial charge in [0.05, 0.1) is 6.61 Å². The van der Waals surface area contributed by atoms with Gasteiger partial charge in [-0.05, 0) is 51.2 Å². The highest BCUT2D eigenvalue weighted by atomic mass is 16.3. The number of aliphatic hydroxyl groups is 1. The highest BCUT2D eigenvalue weighted by Crippen LogP contribution is 2.31. The lowest BCUT2D eigenvalue weighted by Gasteiger charge is -2.22. The summed E-state index contributed by atoms with van der Waals surface area (Å²) in [5.74, 6) is 1.60. The second-order valence-electron chi connectivity index (χ2n) is 4.82. The Labute approximate surface area is 79.9 Å². The van der Waals surface area contributed by atoms with E-state index in [9.17, 15) is 5.11 Å². The first-order chi connectivity index (χ1) is 6.23. The van der Waals surface area contributed by atoms with Crippen molar-refractivity contribution in [3.8, 4) is 0 Å². The van der Waals surface area contributed by atoms with E-state index in [1.807, 2.05) is 0 Å². The standard InChI is InChI=1S/C10H20N2O/c1-10(7-13)4-9(6-12-10)8-2-3-11-5-8/h8-9,11-13H,2-7H2,1H3. The van der Waals surface area contributed by atoms with Crippen molar-refractivity contribution in [2.45, 2.75) is 25.3 Å². The summed E-state index contributed by atoms with van der Waals surface area (Å²) in [4.78, 5) is 0. The number of nitrogens with one attached hydrogen (secondary N) is 2. The van der Waals surface area contributed by atoms with E-state index in [-0.39, 0.29) is 12.1 Å². The smallest absolute Gasteiger partial charge is 0.0610 e. The fourth-order valence-electron chi connectivity index (χ4n) is 2.63. The third kappa shape index (κ3) is 1.87. The molecule has 0 saturated carbocycles. The van der Waals surface area contributed by atoms with Crippen LogP contribution in [0, 0.1) is 11.8 Å². The van der Waals surface area contributed by atoms with Gasteiger partial charge < -0.3 is 15.7 Å². The number of aliphatic hydroxyl groups excluding tert-OH is 1. The summed E-state index contributed by atoms with van der Waals surface area (Å²) in [6.07, 6.45) is 2.45. The summed E-state index contributed by atoms with van der Waals surface area (Å²) < 4.78 is 0. The van der Waals surface area contributed by atoms with Crippen molar-refractivity contribution in [3.63, 3.8) is 0 Å². The molecule has 0 amide bonds. The summed E-state index contributed by atoms with van der Waals surface area (Å²) >= 11 is 0. The predicted octanol–water partition coefficient (Wildman–Crippen LogP) is -0.0436. The van der Waals surface area contributed by atoms with E-state index in [0.29, 0.717) is 0 Å². The zero-order valence-electron chi connectivity index (χ0n) is 8.34. The number of hydrogen-bond donors (Lipinski definition) is 3. The van der Waals surface area contributed by atoms with Crippen LogP contribution in [0.15, 0.2) is 0 Å². The van der Waals surface area contributed by atoms with Gasteiger partial charge >= 0.3 is 0 Å². The van der Waals surface area contributed by atoms with Gasteiger partial charge in [0.2, 0.25) is 0 Å². The molecule has 0 radical (unpaired) electrons. The van der Waals surface area contributed by atoms with Crippen molar-refractivity contribution < 1.29 is 5.11 Å². The van der Waals surface area contributed by atoms with E-state index < -0.39 is 0 Å². The molecule has 3 nitrogen and oxygen atoms in total. The van der Waals surface area contributed by atoms with Crippen LogP contribution in [0.25, 0.3) is 0 Å². The molecule has 2 saturated heterocycles. The first-order valence-corrected chi connectivity index (χ1v) is 5.30. The topological polar surface area (TPSA) is 44.3 Å². The Morgan fingerprint density at radius 2 is 2.23 bits per heavy atom. The van der Waals surface area contributed by atoms with Crippen LogP contribution in [-0.2, 0) is 0 Å². The lowest BCUT2D eigenvalue weighted by Crippen LogP contribution is -2.39. The van der Waals surface area contributed by atoms with Crippen molar-refractivity contribution in [2.75, 3.05) is 26.2 Å². The molecule has 13 heavy (non-hydrogen) atoms. The second-order valence-corrected chi connectivity index (χ2v) is 4.82. The highest BCUT2D eigenvalue weighted by molar-refractivity contribution is 4.96. The van der Waals surface area contributed by atoms with Gasteiger partial charge in [-0.25, -0.2) is 0 Å². The molecule has 76 valence electrons. The van der Waals surface area contributed by atoms with E-state index in [1.54, 1.807) is 0 Å². The van der Waals surface area contributed by atoms with Crippen LogP contribution in [0.4, 0.5) is 0 Å². The monoisotopic (exact) mass is 184 g/mol. The van der Waals surface area contributed by atoms with Gasteiger partial charge in [0.1, 0.15) is 0 Å². The summed E-state index contributed by atoms with van der Waals surface area (Å²) in [7, 11) is 0. The van der Waals surface area contributed by atoms with Gasteiger partial charge in [0.15, 0.2) is 0 Å². The quantitative estimate of drug-likeness (QED) is 0.564. The van der Waals surface area contributed by atoms with Gasteiger partial charge in [0, 0.05) is 5.54 Å². The van der Waals surface area contributed by atoms with Gasteiger partial charge in [-0.3, -0.25) is 0 Å². The van der Waals surface area contributed by atoms with Crippen molar-refractivity contribution >= 4 is 0 Å². The van der Waals surface area contributed by atoms with Crippen LogP contribution < -0.4 is 10.6 Å². The third-order valence-electron chi connectivity index (χ3n) is 3.62. The predicted molar refractivity (Wildman–Crippen MR) is 52.6 cm³/mol. The average molecular weight is 184 g/mol. The maximum atomic E-state index is 9.21. The molecule has 2 aliphatic rings. The Bertz CT molecular complexity index is 180. The molecular formula is C10H20N2O. The average Bonchev–Trinajstić information content (AvgIpc) is 2.73. The zero-order chi connectivity index (χ0) is 9.31. The van der Waals surface area contributed by atoms with E-state index >= 15 is 0 Å². The van der Waals surface area contributed by atoms with Gasteiger partial charge in [-0.2, -0.15) is 0 Å². The summed E-state index contributed by atoms with van der Waals surface area (Å²) in [5.41, 5.74) is -0.00669. The molecule has 2 fully saturated rings. The Morgan fingerprint density at radius 3 is 2.77 bits per heavy atom. The van der Waals surface area contributed by atoms with Gasteiger partial charge in [-0.1, -0.05) is 0 Å². The van der Waals surface area contributed by atoms with Crippen molar-refractivity contribution in [2.24, 2.45) is 11.8 Å². The minimum Gasteiger partial charge on any atom is -0.394 e. The zero-order valence-corrected chi connectivity index (χ0v) is 8.34. The van der Waals surface area contributed by atoms with Crippen LogP contribution in [0.5, 0.6) is 0 Å². The Morgan fingerprint density at radius 1 is 1.38 bits per heavy atom. The summed E-state index contributed by atoms with van der Waals surface area (Å²) in [6.45, 7) is 5.83. The summed E-state index contributed by atoms with van der Waals surface area (Å²) in [6, 6.07) is 0. The lowest BCUT2D eigenvalue weighted by molar-refractivity contribution is 0.185. The largest absolute Gasteiger partial charge is 0.394 e. The fourth-order valence-corrected chi connectivity index (χ4v) is 2.63. The maximum absolute atomic E-state index is 9.21. The van der Waals surface area contributed by atoms with Crippen LogP contribution >= 0.6 is 0 Å². The molecule has 0 aromatic rings. The Hall–Kier alpha value is -0.120. The highest BCUT2D eigenvalue weighted by Gasteiger charge is 2.38. The molecule has 0 aliphatic carbocycles. The van der Waals surface area contributed by atoms with E-state index in [4.69, 9.17) is 0 Å². The Balaban J connectivity index is 1.90. The molecule has 0 aromatic heterocycles. The van der Waals surface area contributed by atoms with E-state index in [0.717, 1.165) is 24.8 Å². The van der Waals surface area contributed by atoms with Crippen molar-refractivity contribution in [1.29, 1.82) is 0 Å². The second kappa shape index (κ2) is 3.56. The first-order valence-electron chi connectivity index (χ1n) is 5.30. The molecule has 0 bridgehead atoms.